The first-order valence-corrected chi connectivity index (χ1v) is 4.22. The van der Waals surface area contributed by atoms with Crippen LogP contribution >= 0.6 is 0 Å². The van der Waals surface area contributed by atoms with Crippen LogP contribution in [-0.4, -0.2) is 20.6 Å². The molecule has 78 valence electrons. The number of aromatic nitrogens is 2. The third-order valence-electron chi connectivity index (χ3n) is 1.73. The normalized spacial score (nSPS) is 10.5. The molecule has 1 aromatic rings. The van der Waals surface area contributed by atoms with Gasteiger partial charge in [0.05, 0.1) is 0 Å². The molecule has 0 aliphatic carbocycles. The first kappa shape index (κ1) is 10.9. The van der Waals surface area contributed by atoms with Crippen LogP contribution in [0.25, 0.3) is 12.3 Å². The molecule has 15 heavy (non-hydrogen) atoms. The Hall–Kier alpha value is -2.17. The third kappa shape index (κ3) is 2.01. The van der Waals surface area contributed by atoms with Crippen LogP contribution in [0.2, 0.25) is 0 Å². The number of hydrogen-bond acceptors (Lipinski definition) is 3. The lowest BCUT2D eigenvalue weighted by Crippen LogP contribution is -2.25. The minimum absolute atomic E-state index is 0.308. The molecule has 0 saturated carbocycles. The summed E-state index contributed by atoms with van der Waals surface area (Å²) in [6, 6.07) is 0. The van der Waals surface area contributed by atoms with Crippen LogP contribution in [0.15, 0.2) is 23.6 Å². The molecular weight excluding hydrogens is 196 g/mol. The fourth-order valence-electron chi connectivity index (χ4n) is 1.07. The van der Waals surface area contributed by atoms with Gasteiger partial charge in [-0.3, -0.25) is 9.36 Å². The van der Waals surface area contributed by atoms with Crippen molar-refractivity contribution in [2.45, 2.75) is 6.92 Å². The maximum Gasteiger partial charge on any atom is 0.342 e. The van der Waals surface area contributed by atoms with Crippen molar-refractivity contribution in [1.82, 2.24) is 9.55 Å². The Balaban J connectivity index is 3.56. The predicted molar refractivity (Wildman–Crippen MR) is 56.6 cm³/mol. The van der Waals surface area contributed by atoms with Crippen LogP contribution in [0.1, 0.15) is 23.1 Å². The maximum absolute atomic E-state index is 11.6. The van der Waals surface area contributed by atoms with Gasteiger partial charge in [-0.15, -0.1) is 0 Å². The number of carboxylic acids is 1. The quantitative estimate of drug-likeness (QED) is 0.803. The minimum atomic E-state index is -1.29. The number of carbonyl (C=O) groups is 1. The Morgan fingerprint density at radius 2 is 2.33 bits per heavy atom. The summed E-state index contributed by atoms with van der Waals surface area (Å²) in [6.07, 6.45) is 5.47. The van der Waals surface area contributed by atoms with Crippen molar-refractivity contribution in [2.24, 2.45) is 0 Å². The van der Waals surface area contributed by atoms with Gasteiger partial charge in [-0.05, 0) is 13.0 Å². The van der Waals surface area contributed by atoms with Crippen molar-refractivity contribution in [3.05, 3.63) is 40.6 Å². The molecule has 0 saturated heterocycles. The number of carboxylic acid groups (broad SMARTS) is 1. The molecule has 0 atom stereocenters. The highest BCUT2D eigenvalue weighted by Crippen LogP contribution is 1.98. The molecule has 0 spiro atoms. The van der Waals surface area contributed by atoms with Crippen LogP contribution in [0, 0.1) is 0 Å². The van der Waals surface area contributed by atoms with Gasteiger partial charge >= 0.3 is 5.97 Å². The van der Waals surface area contributed by atoms with E-state index in [2.05, 4.69) is 11.6 Å². The van der Waals surface area contributed by atoms with Gasteiger partial charge in [-0.2, -0.15) is 0 Å². The second-order valence-corrected chi connectivity index (χ2v) is 2.70. The molecule has 1 heterocycles. The van der Waals surface area contributed by atoms with E-state index in [1.165, 1.54) is 12.3 Å². The average Bonchev–Trinajstić information content (AvgIpc) is 2.20. The Labute approximate surface area is 86.0 Å². The zero-order chi connectivity index (χ0) is 11.4. The van der Waals surface area contributed by atoms with E-state index in [0.717, 1.165) is 10.8 Å². The summed E-state index contributed by atoms with van der Waals surface area (Å²) in [5.41, 5.74) is -0.982. The molecule has 0 aliphatic heterocycles. The van der Waals surface area contributed by atoms with E-state index in [1.807, 2.05) is 0 Å². The van der Waals surface area contributed by atoms with Crippen LogP contribution < -0.4 is 5.56 Å². The first-order valence-electron chi connectivity index (χ1n) is 4.22. The Bertz CT molecular complexity index is 486. The lowest BCUT2D eigenvalue weighted by molar-refractivity contribution is 0.0694. The average molecular weight is 206 g/mol. The summed E-state index contributed by atoms with van der Waals surface area (Å²) < 4.78 is 1.14. The van der Waals surface area contributed by atoms with Crippen LogP contribution in [0.4, 0.5) is 0 Å². The molecule has 0 radical (unpaired) electrons. The molecule has 0 amide bonds. The minimum Gasteiger partial charge on any atom is -0.477 e. The van der Waals surface area contributed by atoms with Crippen molar-refractivity contribution in [3.8, 4) is 0 Å². The van der Waals surface area contributed by atoms with Gasteiger partial charge in [-0.1, -0.05) is 12.7 Å². The fraction of sp³-hybridized carbons (Fsp3) is 0.100. The van der Waals surface area contributed by atoms with Gasteiger partial charge < -0.3 is 5.11 Å². The molecule has 0 aliphatic rings. The van der Waals surface area contributed by atoms with Crippen molar-refractivity contribution >= 4 is 18.2 Å². The van der Waals surface area contributed by atoms with E-state index in [9.17, 15) is 9.59 Å². The molecule has 1 rings (SSSR count). The van der Waals surface area contributed by atoms with Gasteiger partial charge in [0.25, 0.3) is 5.56 Å². The van der Waals surface area contributed by atoms with Gasteiger partial charge in [-0.25, -0.2) is 9.78 Å². The van der Waals surface area contributed by atoms with Crippen molar-refractivity contribution < 1.29 is 9.90 Å². The Morgan fingerprint density at radius 1 is 1.67 bits per heavy atom. The fourth-order valence-corrected chi connectivity index (χ4v) is 1.07. The molecule has 1 N–H and O–H groups in total. The summed E-state index contributed by atoms with van der Waals surface area (Å²) in [4.78, 5) is 26.1. The molecule has 5 heteroatoms. The lowest BCUT2D eigenvalue weighted by atomic mass is 10.3. The highest BCUT2D eigenvalue weighted by Gasteiger charge is 2.12. The standard InChI is InChI=1S/C10H10N2O3/c1-3-5-12-8(4-2)11-6-7(9(12)13)10(14)15/h3-6H,2H2,1H3,(H,14,15)/b5-3-. The SMILES string of the molecule is C=Cc1ncc(C(=O)O)c(=O)n1/C=C\C. The Kier molecular flexibility index (Phi) is 3.17. The topological polar surface area (TPSA) is 72.2 Å². The maximum atomic E-state index is 11.6. The predicted octanol–water partition coefficient (Wildman–Crippen LogP) is 1.08. The van der Waals surface area contributed by atoms with Gasteiger partial charge in [0.1, 0.15) is 11.4 Å². The zero-order valence-corrected chi connectivity index (χ0v) is 8.17. The van der Waals surface area contributed by atoms with E-state index in [4.69, 9.17) is 5.11 Å². The number of hydrogen-bond donors (Lipinski definition) is 1. The van der Waals surface area contributed by atoms with Crippen LogP contribution in [-0.2, 0) is 0 Å². The van der Waals surface area contributed by atoms with E-state index < -0.39 is 11.5 Å². The number of allylic oxidation sites excluding steroid dienone is 1. The van der Waals surface area contributed by atoms with E-state index in [-0.39, 0.29) is 5.56 Å². The summed E-state index contributed by atoms with van der Waals surface area (Å²) in [6.45, 7) is 5.20. The second-order valence-electron chi connectivity index (χ2n) is 2.70. The van der Waals surface area contributed by atoms with Gasteiger partial charge in [0.2, 0.25) is 0 Å². The van der Waals surface area contributed by atoms with E-state index in [1.54, 1.807) is 13.0 Å². The summed E-state index contributed by atoms with van der Waals surface area (Å²) in [7, 11) is 0. The monoisotopic (exact) mass is 206 g/mol. The highest BCUT2D eigenvalue weighted by molar-refractivity contribution is 5.86. The van der Waals surface area contributed by atoms with Crippen molar-refractivity contribution in [1.29, 1.82) is 0 Å². The van der Waals surface area contributed by atoms with Gasteiger partial charge in [0.15, 0.2) is 0 Å². The second kappa shape index (κ2) is 4.36. The summed E-state index contributed by atoms with van der Waals surface area (Å²) in [5, 5.41) is 8.72. The molecule has 1 aromatic heterocycles. The lowest BCUT2D eigenvalue weighted by Gasteiger charge is -2.04. The zero-order valence-electron chi connectivity index (χ0n) is 8.17. The first-order chi connectivity index (χ1) is 7.11. The number of nitrogens with zero attached hydrogens (tertiary/aromatic N) is 2. The third-order valence-corrected chi connectivity index (χ3v) is 1.73. The summed E-state index contributed by atoms with van der Waals surface area (Å²) in [5.74, 6) is -0.982. The number of rotatable bonds is 3. The van der Waals surface area contributed by atoms with Crippen LogP contribution in [0.5, 0.6) is 0 Å². The smallest absolute Gasteiger partial charge is 0.342 e. The Morgan fingerprint density at radius 3 is 2.80 bits per heavy atom. The van der Waals surface area contributed by atoms with E-state index in [0.29, 0.717) is 5.82 Å². The van der Waals surface area contributed by atoms with Crippen LogP contribution in [0.3, 0.4) is 0 Å². The molecule has 0 aromatic carbocycles. The molecular formula is C10H10N2O3. The highest BCUT2D eigenvalue weighted by atomic mass is 16.4. The van der Waals surface area contributed by atoms with Gasteiger partial charge in [0, 0.05) is 12.4 Å². The van der Waals surface area contributed by atoms with Crippen molar-refractivity contribution in [2.75, 3.05) is 0 Å². The van der Waals surface area contributed by atoms with Crippen molar-refractivity contribution in [3.63, 3.8) is 0 Å². The molecule has 0 unspecified atom stereocenters. The number of aromatic carboxylic acids is 1. The summed E-state index contributed by atoms with van der Waals surface area (Å²) >= 11 is 0. The molecule has 0 bridgehead atoms. The molecule has 5 nitrogen and oxygen atoms in total. The largest absolute Gasteiger partial charge is 0.477 e. The van der Waals surface area contributed by atoms with E-state index >= 15 is 0 Å². The molecule has 0 fully saturated rings.